The highest BCUT2D eigenvalue weighted by Gasteiger charge is 2.14. The molecule has 0 unspecified atom stereocenters. The van der Waals surface area contributed by atoms with E-state index in [9.17, 15) is 4.79 Å². The standard InChI is InChI=1S/C20H20N2O4/c1-25-17-8-3-14(4-9-17)20-15(5-12-19(23)24)13-22(21-20)16-6-10-18(26-2)11-7-16/h3-4,6-11,13H,5,12H2,1-2H3,(H,23,24). The Morgan fingerprint density at radius 3 is 2.12 bits per heavy atom. The van der Waals surface area contributed by atoms with E-state index in [1.807, 2.05) is 54.7 Å². The molecule has 0 saturated heterocycles. The maximum atomic E-state index is 11.0. The number of hydrogen-bond acceptors (Lipinski definition) is 4. The number of carboxylic acid groups (broad SMARTS) is 1. The van der Waals surface area contributed by atoms with Crippen molar-refractivity contribution in [3.63, 3.8) is 0 Å². The summed E-state index contributed by atoms with van der Waals surface area (Å²) in [5.74, 6) is 0.695. The molecule has 0 saturated carbocycles. The molecule has 3 rings (SSSR count). The highest BCUT2D eigenvalue weighted by Crippen LogP contribution is 2.27. The van der Waals surface area contributed by atoms with E-state index in [-0.39, 0.29) is 6.42 Å². The Morgan fingerprint density at radius 2 is 1.58 bits per heavy atom. The fourth-order valence-corrected chi connectivity index (χ4v) is 2.69. The van der Waals surface area contributed by atoms with Gasteiger partial charge in [0.2, 0.25) is 0 Å². The third-order valence-electron chi connectivity index (χ3n) is 4.10. The molecule has 0 fully saturated rings. The predicted octanol–water partition coefficient (Wildman–Crippen LogP) is 3.57. The van der Waals surface area contributed by atoms with Crippen LogP contribution in [0.3, 0.4) is 0 Å². The van der Waals surface area contributed by atoms with Gasteiger partial charge in [0, 0.05) is 18.2 Å². The fraction of sp³-hybridized carbons (Fsp3) is 0.200. The zero-order chi connectivity index (χ0) is 18.5. The molecule has 1 aromatic heterocycles. The van der Waals surface area contributed by atoms with Crippen LogP contribution in [0.1, 0.15) is 12.0 Å². The van der Waals surface area contributed by atoms with Crippen LogP contribution < -0.4 is 9.47 Å². The maximum Gasteiger partial charge on any atom is 0.303 e. The fourth-order valence-electron chi connectivity index (χ4n) is 2.69. The van der Waals surface area contributed by atoms with Crippen LogP contribution in [0, 0.1) is 0 Å². The lowest BCUT2D eigenvalue weighted by Gasteiger charge is -2.04. The number of benzene rings is 2. The molecule has 1 N–H and O–H groups in total. The second-order valence-electron chi connectivity index (χ2n) is 5.77. The molecule has 26 heavy (non-hydrogen) atoms. The average molecular weight is 352 g/mol. The summed E-state index contributed by atoms with van der Waals surface area (Å²) >= 11 is 0. The summed E-state index contributed by atoms with van der Waals surface area (Å²) in [6.07, 6.45) is 2.34. The molecule has 3 aromatic rings. The number of ether oxygens (including phenoxy) is 2. The molecular formula is C20H20N2O4. The summed E-state index contributed by atoms with van der Waals surface area (Å²) in [6.45, 7) is 0. The van der Waals surface area contributed by atoms with Crippen LogP contribution in [0.2, 0.25) is 0 Å². The van der Waals surface area contributed by atoms with Gasteiger partial charge in [0.1, 0.15) is 11.5 Å². The van der Waals surface area contributed by atoms with Crippen LogP contribution in [0.15, 0.2) is 54.7 Å². The van der Waals surface area contributed by atoms with E-state index in [1.165, 1.54) is 0 Å². The van der Waals surface area contributed by atoms with E-state index in [0.29, 0.717) is 6.42 Å². The molecule has 1 heterocycles. The van der Waals surface area contributed by atoms with Crippen LogP contribution in [0.4, 0.5) is 0 Å². The number of hydrogen-bond donors (Lipinski definition) is 1. The summed E-state index contributed by atoms with van der Waals surface area (Å²) in [5.41, 5.74) is 3.44. The van der Waals surface area contributed by atoms with Crippen molar-refractivity contribution in [2.75, 3.05) is 14.2 Å². The number of aromatic nitrogens is 2. The van der Waals surface area contributed by atoms with Crippen molar-refractivity contribution in [2.45, 2.75) is 12.8 Å². The van der Waals surface area contributed by atoms with Gasteiger partial charge in [-0.05, 0) is 60.5 Å². The minimum atomic E-state index is -0.831. The van der Waals surface area contributed by atoms with Gasteiger partial charge in [-0.15, -0.1) is 0 Å². The first-order valence-electron chi connectivity index (χ1n) is 8.20. The molecule has 0 radical (unpaired) electrons. The van der Waals surface area contributed by atoms with Crippen LogP contribution in [0.25, 0.3) is 16.9 Å². The van der Waals surface area contributed by atoms with Crippen LogP contribution in [0.5, 0.6) is 11.5 Å². The van der Waals surface area contributed by atoms with Crippen molar-refractivity contribution in [3.8, 4) is 28.4 Å². The number of carboxylic acids is 1. The quantitative estimate of drug-likeness (QED) is 0.704. The van der Waals surface area contributed by atoms with E-state index >= 15 is 0 Å². The first-order valence-corrected chi connectivity index (χ1v) is 8.20. The van der Waals surface area contributed by atoms with Crippen LogP contribution in [-0.4, -0.2) is 35.1 Å². The summed E-state index contributed by atoms with van der Waals surface area (Å²) in [5, 5.41) is 13.7. The molecule has 0 bridgehead atoms. The Labute approximate surface area is 151 Å². The third kappa shape index (κ3) is 3.85. The van der Waals surface area contributed by atoms with Gasteiger partial charge in [-0.1, -0.05) is 0 Å². The average Bonchev–Trinajstić information content (AvgIpc) is 3.10. The Balaban J connectivity index is 1.99. The van der Waals surface area contributed by atoms with Gasteiger partial charge in [0.05, 0.1) is 25.6 Å². The lowest BCUT2D eigenvalue weighted by atomic mass is 10.0. The molecule has 0 aliphatic rings. The summed E-state index contributed by atoms with van der Waals surface area (Å²) < 4.78 is 12.1. The molecular weight excluding hydrogens is 332 g/mol. The summed E-state index contributed by atoms with van der Waals surface area (Å²) in [4.78, 5) is 11.0. The smallest absolute Gasteiger partial charge is 0.303 e. The normalized spacial score (nSPS) is 10.5. The van der Waals surface area contributed by atoms with E-state index in [0.717, 1.165) is 34.0 Å². The number of rotatable bonds is 7. The lowest BCUT2D eigenvalue weighted by Crippen LogP contribution is -1.97. The molecule has 0 aliphatic heterocycles. The lowest BCUT2D eigenvalue weighted by molar-refractivity contribution is -0.136. The SMILES string of the molecule is COc1ccc(-c2nn(-c3ccc(OC)cc3)cc2CCC(=O)O)cc1. The minimum Gasteiger partial charge on any atom is -0.497 e. The summed E-state index contributed by atoms with van der Waals surface area (Å²) in [7, 11) is 3.24. The Hall–Kier alpha value is -3.28. The summed E-state index contributed by atoms with van der Waals surface area (Å²) in [6, 6.07) is 15.1. The number of aliphatic carboxylic acids is 1. The van der Waals surface area contributed by atoms with E-state index in [1.54, 1.807) is 18.9 Å². The van der Waals surface area contributed by atoms with Crippen molar-refractivity contribution in [1.29, 1.82) is 0 Å². The first-order chi connectivity index (χ1) is 12.6. The topological polar surface area (TPSA) is 73.6 Å². The Kier molecular flexibility index (Phi) is 5.22. The van der Waals surface area contributed by atoms with Crippen molar-refractivity contribution in [1.82, 2.24) is 9.78 Å². The van der Waals surface area contributed by atoms with Crippen molar-refractivity contribution < 1.29 is 19.4 Å². The molecule has 6 heteroatoms. The third-order valence-corrected chi connectivity index (χ3v) is 4.10. The zero-order valence-corrected chi connectivity index (χ0v) is 14.7. The van der Waals surface area contributed by atoms with Gasteiger partial charge in [-0.3, -0.25) is 4.79 Å². The maximum absolute atomic E-state index is 11.0. The van der Waals surface area contributed by atoms with Gasteiger partial charge >= 0.3 is 5.97 Å². The second-order valence-corrected chi connectivity index (χ2v) is 5.77. The molecule has 0 spiro atoms. The minimum absolute atomic E-state index is 0.0530. The molecule has 6 nitrogen and oxygen atoms in total. The molecule has 0 atom stereocenters. The highest BCUT2D eigenvalue weighted by molar-refractivity contribution is 5.69. The van der Waals surface area contributed by atoms with E-state index < -0.39 is 5.97 Å². The number of carbonyl (C=O) groups is 1. The number of aryl methyl sites for hydroxylation is 1. The monoisotopic (exact) mass is 352 g/mol. The van der Waals surface area contributed by atoms with Crippen molar-refractivity contribution in [3.05, 3.63) is 60.3 Å². The second kappa shape index (κ2) is 7.74. The predicted molar refractivity (Wildman–Crippen MR) is 98.1 cm³/mol. The Bertz CT molecular complexity index is 883. The van der Waals surface area contributed by atoms with Gasteiger partial charge in [0.25, 0.3) is 0 Å². The number of nitrogens with zero attached hydrogens (tertiary/aromatic N) is 2. The molecule has 134 valence electrons. The van der Waals surface area contributed by atoms with E-state index in [2.05, 4.69) is 5.10 Å². The van der Waals surface area contributed by atoms with Gasteiger partial charge < -0.3 is 14.6 Å². The molecule has 0 amide bonds. The van der Waals surface area contributed by atoms with Gasteiger partial charge in [0.15, 0.2) is 0 Å². The Morgan fingerprint density at radius 1 is 1.00 bits per heavy atom. The molecule has 2 aromatic carbocycles. The van der Waals surface area contributed by atoms with Crippen LogP contribution in [-0.2, 0) is 11.2 Å². The number of methoxy groups -OCH3 is 2. The van der Waals surface area contributed by atoms with Crippen molar-refractivity contribution >= 4 is 5.97 Å². The van der Waals surface area contributed by atoms with E-state index in [4.69, 9.17) is 14.6 Å². The zero-order valence-electron chi connectivity index (χ0n) is 14.7. The van der Waals surface area contributed by atoms with Gasteiger partial charge in [-0.25, -0.2) is 4.68 Å². The van der Waals surface area contributed by atoms with Crippen molar-refractivity contribution in [2.24, 2.45) is 0 Å². The van der Waals surface area contributed by atoms with Gasteiger partial charge in [-0.2, -0.15) is 5.10 Å². The first kappa shape index (κ1) is 17.5. The largest absolute Gasteiger partial charge is 0.497 e. The highest BCUT2D eigenvalue weighted by atomic mass is 16.5. The van der Waals surface area contributed by atoms with Crippen LogP contribution >= 0.6 is 0 Å². The molecule has 0 aliphatic carbocycles.